The fourth-order valence-corrected chi connectivity index (χ4v) is 9.07. The lowest BCUT2D eigenvalue weighted by Crippen LogP contribution is -2.50. The number of hydrogen-bond acceptors (Lipinski definition) is 7. The van der Waals surface area contributed by atoms with Crippen LogP contribution in [0.2, 0.25) is 0 Å². The second-order valence-corrected chi connectivity index (χ2v) is 13.6. The minimum absolute atomic E-state index is 0.00945. The number of nitrogens with zero attached hydrogens (tertiary/aromatic N) is 1. The van der Waals surface area contributed by atoms with Gasteiger partial charge in [0.25, 0.3) is 10.1 Å². The summed E-state index contributed by atoms with van der Waals surface area (Å²) >= 11 is 0. The van der Waals surface area contributed by atoms with Crippen molar-refractivity contribution in [2.45, 2.75) is 63.5 Å². The number of aryl methyl sites for hydroxylation is 1. The smallest absolute Gasteiger partial charge is 0.297 e. The molecule has 3 aliphatic rings. The summed E-state index contributed by atoms with van der Waals surface area (Å²) in [6.07, 6.45) is 0.975. The predicted molar refractivity (Wildman–Crippen MR) is 120 cm³/mol. The minimum atomic E-state index is -4.16. The summed E-state index contributed by atoms with van der Waals surface area (Å²) < 4.78 is 59.3. The number of carbonyl (C=O) groups is 1. The molecule has 1 unspecified atom stereocenters. The summed E-state index contributed by atoms with van der Waals surface area (Å²) in [5.74, 6) is -1.09. The first kappa shape index (κ1) is 23.8. The van der Waals surface area contributed by atoms with Crippen molar-refractivity contribution < 1.29 is 25.8 Å². The summed E-state index contributed by atoms with van der Waals surface area (Å²) in [4.78, 5) is 13.6. The number of carbonyl (C=O) groups excluding carboxylic acids is 1. The molecule has 0 aromatic heterocycles. The summed E-state index contributed by atoms with van der Waals surface area (Å²) in [6, 6.07) is 6.23. The van der Waals surface area contributed by atoms with Crippen molar-refractivity contribution in [3.63, 3.8) is 0 Å². The molecule has 3 atom stereocenters. The van der Waals surface area contributed by atoms with Gasteiger partial charge in [0.15, 0.2) is 5.78 Å². The zero-order valence-corrected chi connectivity index (χ0v) is 20.4. The average molecular weight is 485 g/mol. The first-order valence-corrected chi connectivity index (χ1v) is 14.1. The van der Waals surface area contributed by atoms with E-state index >= 15 is 0 Å². The molecule has 0 amide bonds. The lowest BCUT2D eigenvalue weighted by molar-refractivity contribution is -0.134. The van der Waals surface area contributed by atoms with E-state index in [-0.39, 0.29) is 22.6 Å². The summed E-state index contributed by atoms with van der Waals surface area (Å²) in [5, 5.41) is 0. The number of sulfonamides is 1. The number of nitrogens with two attached hydrogens (primary N) is 1. The van der Waals surface area contributed by atoms with E-state index in [0.29, 0.717) is 38.8 Å². The van der Waals surface area contributed by atoms with Crippen molar-refractivity contribution >= 4 is 25.9 Å². The highest BCUT2D eigenvalue weighted by atomic mass is 32.2. The Balaban J connectivity index is 1.61. The number of piperidine rings is 1. The van der Waals surface area contributed by atoms with Gasteiger partial charge in [-0.2, -0.15) is 8.42 Å². The van der Waals surface area contributed by atoms with Gasteiger partial charge in [0, 0.05) is 19.1 Å². The van der Waals surface area contributed by atoms with Crippen LogP contribution < -0.4 is 5.73 Å². The number of benzene rings is 1. The summed E-state index contributed by atoms with van der Waals surface area (Å²) in [5.41, 5.74) is 4.96. The van der Waals surface area contributed by atoms with E-state index in [2.05, 4.69) is 0 Å². The third-order valence-corrected chi connectivity index (χ3v) is 11.3. The van der Waals surface area contributed by atoms with E-state index in [9.17, 15) is 21.6 Å². The predicted octanol–water partition coefficient (Wildman–Crippen LogP) is 1.83. The van der Waals surface area contributed by atoms with Gasteiger partial charge in [-0.05, 0) is 56.1 Å². The molecule has 8 nitrogen and oxygen atoms in total. The second kappa shape index (κ2) is 7.87. The highest BCUT2D eigenvalue weighted by Crippen LogP contribution is 2.65. The largest absolute Gasteiger partial charge is 0.328 e. The maximum Gasteiger partial charge on any atom is 0.297 e. The van der Waals surface area contributed by atoms with E-state index in [1.807, 2.05) is 20.8 Å². The van der Waals surface area contributed by atoms with Gasteiger partial charge in [0.1, 0.15) is 6.10 Å². The standard InChI is InChI=1S/C22H32N2O6S2/c1-15-4-6-17(7-5-15)32(28,29)30-19-18-8-11-22(20(19)25,21(18,2)3)14-31(26,27)24-12-9-16(23)10-13-24/h4-7,16,18-19H,8-14,23H2,1-3H3/t18-,19?,22-/m1/s1. The topological polar surface area (TPSA) is 124 Å². The second-order valence-electron chi connectivity index (χ2n) is 10.1. The van der Waals surface area contributed by atoms with Crippen molar-refractivity contribution in [3.05, 3.63) is 29.8 Å². The molecule has 0 radical (unpaired) electrons. The molecule has 178 valence electrons. The molecule has 2 bridgehead atoms. The molecule has 10 heteroatoms. The molecule has 1 aromatic carbocycles. The van der Waals surface area contributed by atoms with E-state index in [1.54, 1.807) is 12.1 Å². The van der Waals surface area contributed by atoms with Gasteiger partial charge < -0.3 is 5.73 Å². The van der Waals surface area contributed by atoms with Gasteiger partial charge in [-0.1, -0.05) is 31.5 Å². The Morgan fingerprint density at radius 1 is 1.06 bits per heavy atom. The van der Waals surface area contributed by atoms with Crippen LogP contribution in [0.1, 0.15) is 45.1 Å². The van der Waals surface area contributed by atoms with E-state index in [4.69, 9.17) is 9.92 Å². The van der Waals surface area contributed by atoms with Crippen molar-refractivity contribution in [2.75, 3.05) is 18.8 Å². The number of ketones is 1. The molecule has 0 spiro atoms. The Bertz CT molecular complexity index is 1110. The highest BCUT2D eigenvalue weighted by Gasteiger charge is 2.71. The Morgan fingerprint density at radius 2 is 1.66 bits per heavy atom. The molecular formula is C22H32N2O6S2. The van der Waals surface area contributed by atoms with Crippen LogP contribution in [0.3, 0.4) is 0 Å². The number of fused-ring (bicyclic) bond motifs is 2. The van der Waals surface area contributed by atoms with E-state index in [1.165, 1.54) is 16.4 Å². The van der Waals surface area contributed by atoms with Crippen molar-refractivity contribution in [3.8, 4) is 0 Å². The van der Waals surface area contributed by atoms with Crippen LogP contribution in [0.25, 0.3) is 0 Å². The molecule has 4 rings (SSSR count). The first-order valence-electron chi connectivity index (χ1n) is 11.1. The maximum absolute atomic E-state index is 13.6. The maximum atomic E-state index is 13.6. The Morgan fingerprint density at radius 3 is 2.25 bits per heavy atom. The van der Waals surface area contributed by atoms with E-state index in [0.717, 1.165) is 5.56 Å². The van der Waals surface area contributed by atoms with Crippen LogP contribution in [0.5, 0.6) is 0 Å². The fourth-order valence-electron chi connectivity index (χ4n) is 5.76. The molecule has 1 saturated heterocycles. The van der Waals surface area contributed by atoms with E-state index < -0.39 is 42.9 Å². The average Bonchev–Trinajstić information content (AvgIpc) is 3.03. The van der Waals surface area contributed by atoms with Gasteiger partial charge in [-0.25, -0.2) is 12.7 Å². The zero-order valence-electron chi connectivity index (χ0n) is 18.8. The fraction of sp³-hybridized carbons (Fsp3) is 0.682. The molecular weight excluding hydrogens is 452 g/mol. The normalized spacial score (nSPS) is 31.3. The van der Waals surface area contributed by atoms with Crippen molar-refractivity contribution in [2.24, 2.45) is 22.5 Å². The molecule has 2 N–H and O–H groups in total. The van der Waals surface area contributed by atoms with Crippen LogP contribution >= 0.6 is 0 Å². The Kier molecular flexibility index (Phi) is 5.86. The molecule has 1 aromatic rings. The van der Waals surface area contributed by atoms with Gasteiger partial charge >= 0.3 is 0 Å². The Hall–Kier alpha value is -1.33. The van der Waals surface area contributed by atoms with Gasteiger partial charge in [-0.3, -0.25) is 8.98 Å². The third-order valence-electron chi connectivity index (χ3n) is 8.00. The van der Waals surface area contributed by atoms with Crippen LogP contribution in [0.4, 0.5) is 0 Å². The quantitative estimate of drug-likeness (QED) is 0.611. The lowest BCUT2D eigenvalue weighted by atomic mass is 9.70. The third kappa shape index (κ3) is 3.73. The van der Waals surface area contributed by atoms with Crippen LogP contribution in [-0.2, 0) is 29.1 Å². The first-order chi connectivity index (χ1) is 14.8. The molecule has 2 aliphatic carbocycles. The van der Waals surface area contributed by atoms with Crippen LogP contribution in [-0.4, -0.2) is 57.9 Å². The van der Waals surface area contributed by atoms with Gasteiger partial charge in [0.2, 0.25) is 10.0 Å². The SMILES string of the molecule is Cc1ccc(S(=O)(=O)OC2C(=O)[C@]3(CS(=O)(=O)N4CCC(N)CC4)CC[C@H]2C3(C)C)cc1. The molecule has 3 fully saturated rings. The van der Waals surface area contributed by atoms with Crippen LogP contribution in [0, 0.1) is 23.7 Å². The lowest BCUT2D eigenvalue weighted by Gasteiger charge is -2.38. The summed E-state index contributed by atoms with van der Waals surface area (Å²) in [7, 11) is -7.87. The van der Waals surface area contributed by atoms with Crippen molar-refractivity contribution in [1.29, 1.82) is 0 Å². The molecule has 32 heavy (non-hydrogen) atoms. The number of hydrogen-bond donors (Lipinski definition) is 1. The molecule has 1 aliphatic heterocycles. The molecule has 2 saturated carbocycles. The Labute approximate surface area is 190 Å². The zero-order chi connectivity index (χ0) is 23.5. The molecule has 1 heterocycles. The van der Waals surface area contributed by atoms with Crippen molar-refractivity contribution in [1.82, 2.24) is 4.31 Å². The van der Waals surface area contributed by atoms with Gasteiger partial charge in [-0.15, -0.1) is 0 Å². The van der Waals surface area contributed by atoms with Gasteiger partial charge in [0.05, 0.1) is 16.1 Å². The highest BCUT2D eigenvalue weighted by molar-refractivity contribution is 7.89. The monoisotopic (exact) mass is 484 g/mol. The van der Waals surface area contributed by atoms with Crippen LogP contribution in [0.15, 0.2) is 29.2 Å². The number of rotatable bonds is 6. The number of Topliss-reactive ketones (excluding diaryl/α,β-unsaturated/α-hetero) is 1. The summed E-state index contributed by atoms with van der Waals surface area (Å²) in [6.45, 7) is 6.27. The minimum Gasteiger partial charge on any atom is -0.328 e.